The van der Waals surface area contributed by atoms with Gasteiger partial charge in [-0.15, -0.1) is 23.5 Å². The van der Waals surface area contributed by atoms with Crippen molar-refractivity contribution < 1.29 is 13.2 Å². The van der Waals surface area contributed by atoms with E-state index in [2.05, 4.69) is 28.2 Å². The molecule has 1 aliphatic rings. The van der Waals surface area contributed by atoms with E-state index in [9.17, 15) is 13.2 Å². The molecule has 1 fully saturated rings. The van der Waals surface area contributed by atoms with Crippen LogP contribution in [0.4, 0.5) is 13.2 Å². The summed E-state index contributed by atoms with van der Waals surface area (Å²) in [5, 5.41) is 0.662. The SMILES string of the molecule is CCC1CSC(CCc2ccc(C(F)(F)F)cc2)(CCn2ccnc2)S1. The predicted molar refractivity (Wildman–Crippen MR) is 103 cm³/mol. The van der Waals surface area contributed by atoms with Crippen LogP contribution in [0.1, 0.15) is 37.3 Å². The fourth-order valence-electron chi connectivity index (χ4n) is 3.12. The maximum Gasteiger partial charge on any atom is 0.416 e. The van der Waals surface area contributed by atoms with Gasteiger partial charge in [0.15, 0.2) is 0 Å². The minimum atomic E-state index is -4.27. The maximum atomic E-state index is 12.7. The minimum Gasteiger partial charge on any atom is -0.337 e. The number of nitrogens with zero attached hydrogens (tertiary/aromatic N) is 2. The number of alkyl halides is 3. The molecule has 2 heterocycles. The Morgan fingerprint density at radius 2 is 2.00 bits per heavy atom. The molecular weight excluding hydrogens is 377 g/mol. The Kier molecular flexibility index (Phi) is 6.28. The van der Waals surface area contributed by atoms with Crippen LogP contribution < -0.4 is 0 Å². The van der Waals surface area contributed by atoms with E-state index in [0.29, 0.717) is 5.25 Å². The highest BCUT2D eigenvalue weighted by molar-refractivity contribution is 8.21. The second kappa shape index (κ2) is 8.30. The van der Waals surface area contributed by atoms with Gasteiger partial charge in [0.1, 0.15) is 0 Å². The molecule has 0 N–H and O–H groups in total. The lowest BCUT2D eigenvalue weighted by Gasteiger charge is -2.28. The molecule has 1 aromatic heterocycles. The molecule has 3 rings (SSSR count). The summed E-state index contributed by atoms with van der Waals surface area (Å²) in [6.45, 7) is 3.14. The average Bonchev–Trinajstić information content (AvgIpc) is 3.28. The van der Waals surface area contributed by atoms with Crippen LogP contribution in [-0.2, 0) is 19.1 Å². The Bertz CT molecular complexity index is 686. The molecule has 0 spiro atoms. The number of rotatable bonds is 7. The van der Waals surface area contributed by atoms with Crippen LogP contribution in [0.3, 0.4) is 0 Å². The second-order valence-corrected chi connectivity index (χ2v) is 9.96. The van der Waals surface area contributed by atoms with Gasteiger partial charge in [-0.2, -0.15) is 13.2 Å². The van der Waals surface area contributed by atoms with Gasteiger partial charge in [0.25, 0.3) is 0 Å². The van der Waals surface area contributed by atoms with Crippen molar-refractivity contribution in [3.63, 3.8) is 0 Å². The third kappa shape index (κ3) is 5.00. The number of imidazole rings is 1. The number of thioether (sulfide) groups is 2. The first kappa shape index (κ1) is 19.7. The summed E-state index contributed by atoms with van der Waals surface area (Å²) in [4.78, 5) is 4.10. The molecule has 7 heteroatoms. The normalized spacial score (nSPS) is 23.5. The molecule has 26 heavy (non-hydrogen) atoms. The number of benzene rings is 1. The van der Waals surface area contributed by atoms with Crippen molar-refractivity contribution in [1.82, 2.24) is 9.55 Å². The van der Waals surface area contributed by atoms with Crippen LogP contribution in [0.2, 0.25) is 0 Å². The monoisotopic (exact) mass is 400 g/mol. The van der Waals surface area contributed by atoms with Gasteiger partial charge < -0.3 is 4.57 Å². The molecule has 1 aliphatic heterocycles. The number of aryl methyl sites for hydroxylation is 2. The zero-order valence-electron chi connectivity index (χ0n) is 14.7. The summed E-state index contributed by atoms with van der Waals surface area (Å²) in [5.74, 6) is 1.15. The second-order valence-electron chi connectivity index (χ2n) is 6.61. The van der Waals surface area contributed by atoms with E-state index in [4.69, 9.17) is 0 Å². The molecule has 2 unspecified atom stereocenters. The summed E-state index contributed by atoms with van der Waals surface area (Å²) in [7, 11) is 0. The zero-order valence-corrected chi connectivity index (χ0v) is 16.3. The molecule has 0 radical (unpaired) electrons. The highest BCUT2D eigenvalue weighted by Gasteiger charge is 2.39. The first-order valence-corrected chi connectivity index (χ1v) is 10.7. The van der Waals surface area contributed by atoms with Crippen LogP contribution >= 0.6 is 23.5 Å². The first-order chi connectivity index (χ1) is 12.4. The van der Waals surface area contributed by atoms with Crippen LogP contribution in [0.25, 0.3) is 0 Å². The minimum absolute atomic E-state index is 0.133. The van der Waals surface area contributed by atoms with E-state index in [1.54, 1.807) is 18.3 Å². The lowest BCUT2D eigenvalue weighted by Crippen LogP contribution is -2.21. The quantitative estimate of drug-likeness (QED) is 0.578. The summed E-state index contributed by atoms with van der Waals surface area (Å²) in [6, 6.07) is 5.62. The van der Waals surface area contributed by atoms with Crippen LogP contribution in [0, 0.1) is 0 Å². The fourth-order valence-corrected chi connectivity index (χ4v) is 6.89. The highest BCUT2D eigenvalue weighted by atomic mass is 32.2. The Labute approximate surface area is 161 Å². The fraction of sp³-hybridized carbons (Fsp3) is 0.526. The molecular formula is C19H23F3N2S2. The molecule has 0 amide bonds. The molecule has 142 valence electrons. The number of hydrogen-bond donors (Lipinski definition) is 0. The van der Waals surface area contributed by atoms with Crippen LogP contribution in [0.5, 0.6) is 0 Å². The maximum absolute atomic E-state index is 12.7. The third-order valence-electron chi connectivity index (χ3n) is 4.75. The first-order valence-electron chi connectivity index (χ1n) is 8.84. The van der Waals surface area contributed by atoms with E-state index >= 15 is 0 Å². The van der Waals surface area contributed by atoms with Crippen molar-refractivity contribution in [3.8, 4) is 0 Å². The molecule has 2 aromatic rings. The van der Waals surface area contributed by atoms with E-state index < -0.39 is 11.7 Å². The van der Waals surface area contributed by atoms with E-state index in [1.165, 1.54) is 12.1 Å². The Hall–Kier alpha value is -1.08. The van der Waals surface area contributed by atoms with Crippen molar-refractivity contribution in [2.24, 2.45) is 0 Å². The Balaban J connectivity index is 1.64. The van der Waals surface area contributed by atoms with Crippen molar-refractivity contribution in [3.05, 3.63) is 54.1 Å². The highest BCUT2D eigenvalue weighted by Crippen LogP contribution is 2.54. The van der Waals surface area contributed by atoms with E-state index in [0.717, 1.165) is 43.5 Å². The number of aromatic nitrogens is 2. The number of hydrogen-bond acceptors (Lipinski definition) is 3. The molecule has 2 nitrogen and oxygen atoms in total. The van der Waals surface area contributed by atoms with E-state index in [1.807, 2.05) is 24.3 Å². The van der Waals surface area contributed by atoms with Gasteiger partial charge in [-0.25, -0.2) is 4.98 Å². The largest absolute Gasteiger partial charge is 0.416 e. The summed E-state index contributed by atoms with van der Waals surface area (Å²) < 4.78 is 40.4. The van der Waals surface area contributed by atoms with Gasteiger partial charge in [0.05, 0.1) is 16.0 Å². The summed E-state index contributed by atoms with van der Waals surface area (Å²) >= 11 is 4.08. The third-order valence-corrected chi connectivity index (χ3v) is 8.78. The van der Waals surface area contributed by atoms with Gasteiger partial charge >= 0.3 is 6.18 Å². The van der Waals surface area contributed by atoms with Gasteiger partial charge in [-0.05, 0) is 43.4 Å². The molecule has 1 saturated heterocycles. The molecule has 0 aliphatic carbocycles. The van der Waals surface area contributed by atoms with Crippen molar-refractivity contribution >= 4 is 23.5 Å². The van der Waals surface area contributed by atoms with Gasteiger partial charge in [0, 0.05) is 29.9 Å². The topological polar surface area (TPSA) is 17.8 Å². The number of halogens is 3. The van der Waals surface area contributed by atoms with Gasteiger partial charge in [-0.1, -0.05) is 19.1 Å². The molecule has 1 aromatic carbocycles. The van der Waals surface area contributed by atoms with Crippen molar-refractivity contribution in [2.45, 2.75) is 54.7 Å². The standard InChI is InChI=1S/C19H23F3N2S2/c1-2-17-13-25-18(26-17,9-11-24-12-10-23-14-24)8-7-15-3-5-16(6-4-15)19(20,21)22/h3-6,10,12,14,17H,2,7-9,11,13H2,1H3. The predicted octanol–water partition coefficient (Wildman–Crippen LogP) is 5.88. The van der Waals surface area contributed by atoms with Gasteiger partial charge in [-0.3, -0.25) is 0 Å². The smallest absolute Gasteiger partial charge is 0.337 e. The summed E-state index contributed by atoms with van der Waals surface area (Å²) in [5.41, 5.74) is 0.396. The van der Waals surface area contributed by atoms with Crippen LogP contribution in [-0.4, -0.2) is 24.6 Å². The zero-order chi connectivity index (χ0) is 18.6. The lowest BCUT2D eigenvalue weighted by atomic mass is 10.0. The average molecular weight is 401 g/mol. The molecule has 2 atom stereocenters. The molecule has 0 saturated carbocycles. The van der Waals surface area contributed by atoms with E-state index in [-0.39, 0.29) is 4.08 Å². The van der Waals surface area contributed by atoms with Crippen molar-refractivity contribution in [2.75, 3.05) is 5.75 Å². The Morgan fingerprint density at radius 3 is 2.58 bits per heavy atom. The molecule has 0 bridgehead atoms. The van der Waals surface area contributed by atoms with Crippen molar-refractivity contribution in [1.29, 1.82) is 0 Å². The van der Waals surface area contributed by atoms with Crippen LogP contribution in [0.15, 0.2) is 43.0 Å². The van der Waals surface area contributed by atoms with Gasteiger partial charge in [0.2, 0.25) is 0 Å². The lowest BCUT2D eigenvalue weighted by molar-refractivity contribution is -0.137. The summed E-state index contributed by atoms with van der Waals surface area (Å²) in [6.07, 6.45) is 5.31. The Morgan fingerprint density at radius 1 is 1.23 bits per heavy atom.